The van der Waals surface area contributed by atoms with Gasteiger partial charge in [-0.2, -0.15) is 4.31 Å². The zero-order valence-electron chi connectivity index (χ0n) is 18.5. The number of ether oxygens (including phenoxy) is 1. The van der Waals surface area contributed by atoms with E-state index in [-0.39, 0.29) is 4.90 Å². The van der Waals surface area contributed by atoms with Gasteiger partial charge in [0.1, 0.15) is 16.3 Å². The number of rotatable bonds is 2. The quantitative estimate of drug-likeness (QED) is 0.701. The van der Waals surface area contributed by atoms with Crippen LogP contribution < -0.4 is 4.74 Å². The van der Waals surface area contributed by atoms with E-state index in [0.29, 0.717) is 43.6 Å². The summed E-state index contributed by atoms with van der Waals surface area (Å²) in [7, 11) is -3.68. The monoisotopic (exact) mass is 447 g/mol. The molecule has 1 unspecified atom stereocenters. The van der Waals surface area contributed by atoms with Gasteiger partial charge in [-0.3, -0.25) is 4.90 Å². The summed E-state index contributed by atoms with van der Waals surface area (Å²) < 4.78 is 39.7. The smallest absolute Gasteiger partial charge is 0.248 e. The number of benzene rings is 1. The Morgan fingerprint density at radius 1 is 1.03 bits per heavy atom. The fourth-order valence-corrected chi connectivity index (χ4v) is 6.56. The minimum absolute atomic E-state index is 0.206. The third-order valence-corrected chi connectivity index (χ3v) is 8.58. The first-order chi connectivity index (χ1) is 14.9. The molecule has 170 valence electrons. The molecular weight excluding hydrogens is 414 g/mol. The number of fused-ring (bicyclic) bond motifs is 3. The number of nitrogens with zero attached hydrogens (tertiary/aromatic N) is 3. The van der Waals surface area contributed by atoms with Crippen LogP contribution in [0.2, 0.25) is 0 Å². The summed E-state index contributed by atoms with van der Waals surface area (Å²) in [5, 5.41) is 3.87. The van der Waals surface area contributed by atoms with Crippen LogP contribution in [0.1, 0.15) is 49.1 Å². The van der Waals surface area contributed by atoms with Crippen molar-refractivity contribution in [2.45, 2.75) is 63.3 Å². The Labute approximate surface area is 185 Å². The van der Waals surface area contributed by atoms with Crippen molar-refractivity contribution in [1.29, 1.82) is 0 Å². The number of hydrogen-bond acceptors (Lipinski definition) is 6. The third kappa shape index (κ3) is 5.13. The molecule has 0 amide bonds. The highest BCUT2D eigenvalue weighted by Gasteiger charge is 2.32. The first kappa shape index (κ1) is 22.3. The predicted octanol–water partition coefficient (Wildman–Crippen LogP) is 3.55. The summed E-state index contributed by atoms with van der Waals surface area (Å²) in [6.45, 7) is 6.47. The Morgan fingerprint density at radius 3 is 2.71 bits per heavy atom. The van der Waals surface area contributed by atoms with Gasteiger partial charge in [0.25, 0.3) is 0 Å². The highest BCUT2D eigenvalue weighted by atomic mass is 32.2. The van der Waals surface area contributed by atoms with Gasteiger partial charge < -0.3 is 9.26 Å². The van der Waals surface area contributed by atoms with Gasteiger partial charge in [-0.05, 0) is 70.2 Å². The van der Waals surface area contributed by atoms with E-state index in [1.165, 1.54) is 24.8 Å². The lowest BCUT2D eigenvalue weighted by molar-refractivity contribution is 0.131. The summed E-state index contributed by atoms with van der Waals surface area (Å²) in [6, 6.07) is 8.80. The number of aryl methyl sites for hydroxylation is 3. The number of piperidine rings is 1. The van der Waals surface area contributed by atoms with Crippen LogP contribution in [0.5, 0.6) is 5.75 Å². The molecule has 0 N–H and O–H groups in total. The predicted molar refractivity (Wildman–Crippen MR) is 119 cm³/mol. The lowest BCUT2D eigenvalue weighted by Gasteiger charge is -2.37. The van der Waals surface area contributed by atoms with E-state index >= 15 is 0 Å². The van der Waals surface area contributed by atoms with Crippen molar-refractivity contribution in [3.05, 3.63) is 41.3 Å². The molecule has 7 nitrogen and oxygen atoms in total. The van der Waals surface area contributed by atoms with Crippen molar-refractivity contribution in [1.82, 2.24) is 14.4 Å². The summed E-state index contributed by atoms with van der Waals surface area (Å²) in [6.07, 6.45) is 6.31. The van der Waals surface area contributed by atoms with E-state index in [2.05, 4.69) is 22.2 Å². The molecule has 1 fully saturated rings. The van der Waals surface area contributed by atoms with E-state index < -0.39 is 10.0 Å². The van der Waals surface area contributed by atoms with Crippen molar-refractivity contribution < 1.29 is 17.7 Å². The van der Waals surface area contributed by atoms with E-state index in [1.54, 1.807) is 18.2 Å². The molecule has 0 saturated carbocycles. The normalized spacial score (nSPS) is 22.3. The Balaban J connectivity index is 1.59. The summed E-state index contributed by atoms with van der Waals surface area (Å²) >= 11 is 0. The summed E-state index contributed by atoms with van der Waals surface area (Å²) in [4.78, 5) is 2.70. The molecule has 0 aliphatic carbocycles. The van der Waals surface area contributed by atoms with Crippen LogP contribution in [0, 0.1) is 13.8 Å². The van der Waals surface area contributed by atoms with Gasteiger partial charge in [0.15, 0.2) is 5.76 Å². The van der Waals surface area contributed by atoms with Crippen LogP contribution >= 0.6 is 0 Å². The van der Waals surface area contributed by atoms with E-state index in [9.17, 15) is 8.42 Å². The number of aromatic nitrogens is 1. The van der Waals surface area contributed by atoms with Crippen molar-refractivity contribution in [2.75, 3.05) is 32.8 Å². The van der Waals surface area contributed by atoms with Crippen molar-refractivity contribution in [3.8, 4) is 5.75 Å². The van der Waals surface area contributed by atoms with Crippen molar-refractivity contribution in [2.24, 2.45) is 0 Å². The van der Waals surface area contributed by atoms with E-state index in [1.807, 2.05) is 12.1 Å². The summed E-state index contributed by atoms with van der Waals surface area (Å²) in [5.74, 6) is 1.20. The first-order valence-electron chi connectivity index (χ1n) is 11.3. The Hall–Kier alpha value is -1.90. The zero-order valence-corrected chi connectivity index (χ0v) is 19.4. The Morgan fingerprint density at radius 2 is 1.90 bits per heavy atom. The summed E-state index contributed by atoms with van der Waals surface area (Å²) in [5.41, 5.74) is 1.73. The Kier molecular flexibility index (Phi) is 6.99. The molecule has 2 aromatic rings. The van der Waals surface area contributed by atoms with Crippen LogP contribution in [-0.2, 0) is 16.4 Å². The van der Waals surface area contributed by atoms with Gasteiger partial charge in [0, 0.05) is 25.7 Å². The molecule has 1 atom stereocenters. The van der Waals surface area contributed by atoms with Crippen LogP contribution in [0.15, 0.2) is 33.7 Å². The van der Waals surface area contributed by atoms with Gasteiger partial charge in [0.05, 0.1) is 6.61 Å². The molecule has 2 aliphatic rings. The van der Waals surface area contributed by atoms with Gasteiger partial charge in [-0.1, -0.05) is 23.7 Å². The zero-order chi connectivity index (χ0) is 21.8. The largest absolute Gasteiger partial charge is 0.494 e. The van der Waals surface area contributed by atoms with Gasteiger partial charge in [-0.15, -0.1) is 0 Å². The van der Waals surface area contributed by atoms with Crippen LogP contribution in [0.25, 0.3) is 0 Å². The molecule has 0 spiro atoms. The van der Waals surface area contributed by atoms with E-state index in [0.717, 1.165) is 31.7 Å². The molecule has 3 heterocycles. The second-order valence-electron chi connectivity index (χ2n) is 8.63. The van der Waals surface area contributed by atoms with Gasteiger partial charge >= 0.3 is 0 Å². The second kappa shape index (κ2) is 9.71. The van der Waals surface area contributed by atoms with Crippen LogP contribution in [-0.4, -0.2) is 61.6 Å². The molecule has 2 aliphatic heterocycles. The highest BCUT2D eigenvalue weighted by Crippen LogP contribution is 2.26. The molecule has 31 heavy (non-hydrogen) atoms. The lowest BCUT2D eigenvalue weighted by Crippen LogP contribution is -2.45. The van der Waals surface area contributed by atoms with Crippen LogP contribution in [0.4, 0.5) is 0 Å². The minimum atomic E-state index is -3.68. The average molecular weight is 448 g/mol. The first-order valence-corrected chi connectivity index (χ1v) is 12.8. The molecule has 1 aromatic heterocycles. The standard InChI is InChI=1S/C23H33N3O4S/c1-18-23(19(2)30-24-18)31(27,28)26-13-6-16-29-22-9-5-7-20(17-22)10-11-21-8-3-4-12-25(21)14-15-26/h5,7,9,17,21H,3-4,6,8,10-16H2,1-2H3. The highest BCUT2D eigenvalue weighted by molar-refractivity contribution is 7.89. The van der Waals surface area contributed by atoms with E-state index in [4.69, 9.17) is 9.26 Å². The van der Waals surface area contributed by atoms with Crippen LogP contribution in [0.3, 0.4) is 0 Å². The van der Waals surface area contributed by atoms with Gasteiger partial charge in [-0.25, -0.2) is 8.42 Å². The molecule has 1 aromatic carbocycles. The topological polar surface area (TPSA) is 75.9 Å². The average Bonchev–Trinajstić information content (AvgIpc) is 3.10. The fraction of sp³-hybridized carbons (Fsp3) is 0.609. The van der Waals surface area contributed by atoms with Crippen molar-refractivity contribution >= 4 is 10.0 Å². The lowest BCUT2D eigenvalue weighted by atomic mass is 9.95. The molecular formula is C23H33N3O4S. The maximum Gasteiger partial charge on any atom is 0.248 e. The number of sulfonamides is 1. The third-order valence-electron chi connectivity index (χ3n) is 6.44. The van der Waals surface area contributed by atoms with Gasteiger partial charge in [0.2, 0.25) is 10.0 Å². The van der Waals surface area contributed by atoms with Crippen molar-refractivity contribution in [3.63, 3.8) is 0 Å². The fourth-order valence-electron chi connectivity index (χ4n) is 4.80. The molecule has 8 heteroatoms. The maximum atomic E-state index is 13.5. The molecule has 0 radical (unpaired) electrons. The number of hydrogen-bond donors (Lipinski definition) is 0. The minimum Gasteiger partial charge on any atom is -0.494 e. The Bertz CT molecular complexity index is 969. The second-order valence-corrected chi connectivity index (χ2v) is 10.5. The maximum absolute atomic E-state index is 13.5. The SMILES string of the molecule is Cc1noc(C)c1S(=O)(=O)N1CCCOc2cccc(c2)CCC2CCCCN2CC1. The molecule has 1 saturated heterocycles. The molecule has 2 bridgehead atoms. The molecule has 4 rings (SSSR count).